The summed E-state index contributed by atoms with van der Waals surface area (Å²) in [6, 6.07) is 5.66. The number of aromatic nitrogens is 2. The highest BCUT2D eigenvalue weighted by Gasteiger charge is 2.15. The molecule has 2 rings (SSSR count). The standard InChI is InChI=1S/C33H48N4O2/c1-25(2)10-8-12-27(5)17-20-37(21-18-28(6)13-9-11-26(3)4)31-22-29(14-15-32(31)39-7)33(38)35-19-16-30-23-34-24-36-30/h10-11,14-15,17-18,22-24H,8-9,12-13,16,19-21H2,1-7H3,(H,34,36)(H,35,38)/b27-17+,28-18+. The lowest BCUT2D eigenvalue weighted by molar-refractivity contribution is 0.0954. The van der Waals surface area contributed by atoms with Gasteiger partial charge in [0.05, 0.1) is 24.8 Å². The van der Waals surface area contributed by atoms with Crippen molar-refractivity contribution in [1.29, 1.82) is 0 Å². The van der Waals surface area contributed by atoms with E-state index in [9.17, 15) is 4.79 Å². The molecule has 1 amide bonds. The SMILES string of the molecule is COc1ccc(C(=O)NCCc2c[nH]cn2)cc1N(C/C=C(\C)CCC=C(C)C)C/C=C(\C)CCC=C(C)C. The molecule has 0 radical (unpaired) electrons. The van der Waals surface area contributed by atoms with Gasteiger partial charge in [0.15, 0.2) is 0 Å². The Labute approximate surface area is 236 Å². The largest absolute Gasteiger partial charge is 0.495 e. The molecule has 0 aliphatic rings. The van der Waals surface area contributed by atoms with Crippen LogP contribution in [-0.4, -0.2) is 42.6 Å². The summed E-state index contributed by atoms with van der Waals surface area (Å²) < 4.78 is 5.75. The monoisotopic (exact) mass is 532 g/mol. The molecule has 2 aromatic rings. The van der Waals surface area contributed by atoms with Crippen LogP contribution < -0.4 is 15.0 Å². The molecule has 0 saturated heterocycles. The summed E-state index contributed by atoms with van der Waals surface area (Å²) in [4.78, 5) is 22.4. The Morgan fingerprint density at radius 2 is 1.56 bits per heavy atom. The first-order valence-corrected chi connectivity index (χ1v) is 14.0. The third-order valence-electron chi connectivity index (χ3n) is 6.51. The quantitative estimate of drug-likeness (QED) is 0.219. The molecular formula is C33H48N4O2. The van der Waals surface area contributed by atoms with Crippen LogP contribution in [0, 0.1) is 0 Å². The topological polar surface area (TPSA) is 70.2 Å². The number of amides is 1. The van der Waals surface area contributed by atoms with E-state index in [-0.39, 0.29) is 5.91 Å². The lowest BCUT2D eigenvalue weighted by atomic mass is 10.1. The molecule has 6 nitrogen and oxygen atoms in total. The lowest BCUT2D eigenvalue weighted by Gasteiger charge is -2.25. The maximum atomic E-state index is 13.0. The fourth-order valence-corrected chi connectivity index (χ4v) is 4.10. The summed E-state index contributed by atoms with van der Waals surface area (Å²) in [5.74, 6) is 0.658. The van der Waals surface area contributed by atoms with E-state index in [1.807, 2.05) is 24.4 Å². The summed E-state index contributed by atoms with van der Waals surface area (Å²) in [5.41, 5.74) is 7.87. The highest BCUT2D eigenvalue weighted by molar-refractivity contribution is 5.95. The number of nitrogens with zero attached hydrogens (tertiary/aromatic N) is 2. The van der Waals surface area contributed by atoms with Gasteiger partial charge < -0.3 is 19.9 Å². The van der Waals surface area contributed by atoms with Gasteiger partial charge in [0.1, 0.15) is 5.75 Å². The smallest absolute Gasteiger partial charge is 0.251 e. The van der Waals surface area contributed by atoms with Gasteiger partial charge in [0.25, 0.3) is 5.91 Å². The number of carbonyl (C=O) groups is 1. The number of carbonyl (C=O) groups excluding carboxylic acids is 1. The van der Waals surface area contributed by atoms with Gasteiger partial charge in [0.2, 0.25) is 0 Å². The van der Waals surface area contributed by atoms with Gasteiger partial charge in [0, 0.05) is 37.8 Å². The molecule has 39 heavy (non-hydrogen) atoms. The number of benzene rings is 1. The summed E-state index contributed by atoms with van der Waals surface area (Å²) in [5, 5.41) is 3.02. The van der Waals surface area contributed by atoms with E-state index in [2.05, 4.69) is 86.0 Å². The Morgan fingerprint density at radius 1 is 0.949 bits per heavy atom. The minimum absolute atomic E-state index is 0.101. The first kappa shape index (κ1) is 31.7. The van der Waals surface area contributed by atoms with Gasteiger partial charge in [-0.1, -0.05) is 46.6 Å². The Balaban J connectivity index is 2.24. The molecular weight excluding hydrogens is 484 g/mol. The van der Waals surface area contributed by atoms with Crippen molar-refractivity contribution in [3.05, 3.63) is 88.6 Å². The van der Waals surface area contributed by atoms with Crippen LogP contribution in [0.5, 0.6) is 5.75 Å². The highest BCUT2D eigenvalue weighted by Crippen LogP contribution is 2.30. The highest BCUT2D eigenvalue weighted by atomic mass is 16.5. The second kappa shape index (κ2) is 17.1. The van der Waals surface area contributed by atoms with Gasteiger partial charge >= 0.3 is 0 Å². The van der Waals surface area contributed by atoms with Crippen LogP contribution in [0.1, 0.15) is 83.3 Å². The summed E-state index contributed by atoms with van der Waals surface area (Å²) in [6.45, 7) is 14.9. The van der Waals surface area contributed by atoms with Crippen molar-refractivity contribution < 1.29 is 9.53 Å². The second-order valence-corrected chi connectivity index (χ2v) is 10.6. The number of imidazole rings is 1. The number of rotatable bonds is 16. The molecule has 1 heterocycles. The fourth-order valence-electron chi connectivity index (χ4n) is 4.10. The number of methoxy groups -OCH3 is 1. The number of ether oxygens (including phenoxy) is 1. The Morgan fingerprint density at radius 3 is 2.08 bits per heavy atom. The molecule has 0 spiro atoms. The van der Waals surface area contributed by atoms with Crippen molar-refractivity contribution in [1.82, 2.24) is 15.3 Å². The first-order valence-electron chi connectivity index (χ1n) is 14.0. The van der Waals surface area contributed by atoms with Crippen LogP contribution >= 0.6 is 0 Å². The number of hydrogen-bond donors (Lipinski definition) is 2. The maximum Gasteiger partial charge on any atom is 0.251 e. The molecule has 1 aromatic carbocycles. The van der Waals surface area contributed by atoms with Crippen LogP contribution in [-0.2, 0) is 6.42 Å². The maximum absolute atomic E-state index is 13.0. The fraction of sp³-hybridized carbons (Fsp3) is 0.455. The van der Waals surface area contributed by atoms with Gasteiger partial charge in [-0.15, -0.1) is 0 Å². The van der Waals surface area contributed by atoms with Crippen molar-refractivity contribution in [2.75, 3.05) is 31.6 Å². The second-order valence-electron chi connectivity index (χ2n) is 10.6. The molecule has 2 N–H and O–H groups in total. The number of aromatic amines is 1. The third kappa shape index (κ3) is 12.2. The Hall–Kier alpha value is -3.54. The number of anilines is 1. The van der Waals surface area contributed by atoms with E-state index in [0.717, 1.165) is 55.9 Å². The summed E-state index contributed by atoms with van der Waals surface area (Å²) >= 11 is 0. The van der Waals surface area contributed by atoms with E-state index >= 15 is 0 Å². The average Bonchev–Trinajstić information content (AvgIpc) is 3.41. The zero-order valence-electron chi connectivity index (χ0n) is 25.1. The Kier molecular flexibility index (Phi) is 13.9. The van der Waals surface area contributed by atoms with E-state index in [4.69, 9.17) is 4.74 Å². The van der Waals surface area contributed by atoms with E-state index in [1.54, 1.807) is 13.4 Å². The van der Waals surface area contributed by atoms with E-state index in [0.29, 0.717) is 18.5 Å². The van der Waals surface area contributed by atoms with Crippen LogP contribution in [0.4, 0.5) is 5.69 Å². The summed E-state index contributed by atoms with van der Waals surface area (Å²) in [6.07, 6.45) is 17.5. The van der Waals surface area contributed by atoms with Crippen molar-refractivity contribution in [2.45, 2.75) is 73.6 Å². The molecule has 6 heteroatoms. The van der Waals surface area contributed by atoms with Gasteiger partial charge in [-0.25, -0.2) is 4.98 Å². The zero-order chi connectivity index (χ0) is 28.6. The molecule has 0 aliphatic carbocycles. The predicted octanol–water partition coefficient (Wildman–Crippen LogP) is 7.58. The Bertz CT molecular complexity index is 1110. The molecule has 0 saturated carbocycles. The van der Waals surface area contributed by atoms with Crippen LogP contribution in [0.15, 0.2) is 77.3 Å². The number of hydrogen-bond acceptors (Lipinski definition) is 4. The molecule has 0 bridgehead atoms. The minimum Gasteiger partial charge on any atom is -0.495 e. The lowest BCUT2D eigenvalue weighted by Crippen LogP contribution is -2.27. The molecule has 0 unspecified atom stereocenters. The number of allylic oxidation sites excluding steroid dienone is 6. The van der Waals surface area contributed by atoms with Crippen molar-refractivity contribution in [3.63, 3.8) is 0 Å². The van der Waals surface area contributed by atoms with E-state index < -0.39 is 0 Å². The number of nitrogens with one attached hydrogen (secondary N) is 2. The predicted molar refractivity (Wildman–Crippen MR) is 165 cm³/mol. The molecule has 0 fully saturated rings. The minimum atomic E-state index is -0.101. The molecule has 1 aromatic heterocycles. The van der Waals surface area contributed by atoms with Crippen molar-refractivity contribution >= 4 is 11.6 Å². The zero-order valence-corrected chi connectivity index (χ0v) is 25.1. The van der Waals surface area contributed by atoms with Crippen molar-refractivity contribution in [2.24, 2.45) is 0 Å². The molecule has 0 atom stereocenters. The third-order valence-corrected chi connectivity index (χ3v) is 6.51. The summed E-state index contributed by atoms with van der Waals surface area (Å²) in [7, 11) is 1.68. The number of H-pyrrole nitrogens is 1. The van der Waals surface area contributed by atoms with Crippen LogP contribution in [0.2, 0.25) is 0 Å². The van der Waals surface area contributed by atoms with E-state index in [1.165, 1.54) is 22.3 Å². The van der Waals surface area contributed by atoms with Crippen molar-refractivity contribution in [3.8, 4) is 5.75 Å². The van der Waals surface area contributed by atoms with Gasteiger partial charge in [-0.05, 0) is 85.4 Å². The molecule has 212 valence electrons. The van der Waals surface area contributed by atoms with Gasteiger partial charge in [-0.3, -0.25) is 4.79 Å². The van der Waals surface area contributed by atoms with Crippen LogP contribution in [0.3, 0.4) is 0 Å². The average molecular weight is 533 g/mol. The normalized spacial score (nSPS) is 11.7. The van der Waals surface area contributed by atoms with Crippen LogP contribution in [0.25, 0.3) is 0 Å². The molecule has 0 aliphatic heterocycles. The van der Waals surface area contributed by atoms with Gasteiger partial charge in [-0.2, -0.15) is 0 Å². The first-order chi connectivity index (χ1) is 18.7.